The Morgan fingerprint density at radius 3 is 2.50 bits per heavy atom. The molecule has 0 aromatic heterocycles. The van der Waals surface area contributed by atoms with Crippen molar-refractivity contribution in [2.75, 3.05) is 7.11 Å². The molecule has 0 spiro atoms. The number of allylic oxidation sites excluding steroid dienone is 2. The first-order valence-corrected chi connectivity index (χ1v) is 6.63. The fourth-order valence-electron chi connectivity index (χ4n) is 2.20. The minimum absolute atomic E-state index is 0.0124. The van der Waals surface area contributed by atoms with Crippen LogP contribution in [0.4, 0.5) is 0 Å². The Labute approximate surface area is 118 Å². The van der Waals surface area contributed by atoms with Crippen LogP contribution in [-0.2, 0) is 9.53 Å². The molecule has 1 unspecified atom stereocenters. The standard InChI is InChI=1S/C16H18O4/c1-10-4-9-14(11(2)15(10)17)20-16(18)12-5-7-13(19-3)8-6-12/h5-8,10H,4,9H2,1-3H3. The van der Waals surface area contributed by atoms with Crippen molar-refractivity contribution in [3.05, 3.63) is 41.2 Å². The number of methoxy groups -OCH3 is 1. The van der Waals surface area contributed by atoms with E-state index in [4.69, 9.17) is 9.47 Å². The Bertz CT molecular complexity index is 554. The average Bonchev–Trinajstić information content (AvgIpc) is 2.48. The summed E-state index contributed by atoms with van der Waals surface area (Å²) in [5, 5.41) is 0. The van der Waals surface area contributed by atoms with E-state index in [1.54, 1.807) is 38.3 Å². The number of ketones is 1. The highest BCUT2D eigenvalue weighted by Crippen LogP contribution is 2.27. The Hall–Kier alpha value is -2.10. The van der Waals surface area contributed by atoms with E-state index >= 15 is 0 Å². The molecule has 0 fully saturated rings. The number of hydrogen-bond donors (Lipinski definition) is 0. The summed E-state index contributed by atoms with van der Waals surface area (Å²) in [6, 6.07) is 6.69. The normalized spacial score (nSPS) is 18.9. The van der Waals surface area contributed by atoms with E-state index in [2.05, 4.69) is 0 Å². The van der Waals surface area contributed by atoms with Gasteiger partial charge in [0.1, 0.15) is 11.5 Å². The predicted molar refractivity (Wildman–Crippen MR) is 74.5 cm³/mol. The van der Waals surface area contributed by atoms with Crippen LogP contribution in [0.25, 0.3) is 0 Å². The van der Waals surface area contributed by atoms with Crippen LogP contribution < -0.4 is 4.74 Å². The van der Waals surface area contributed by atoms with E-state index in [-0.39, 0.29) is 11.7 Å². The van der Waals surface area contributed by atoms with E-state index < -0.39 is 5.97 Å². The van der Waals surface area contributed by atoms with Gasteiger partial charge in [0.05, 0.1) is 12.7 Å². The Kier molecular flexibility index (Phi) is 4.23. The third kappa shape index (κ3) is 2.90. The highest BCUT2D eigenvalue weighted by atomic mass is 16.5. The van der Waals surface area contributed by atoms with Crippen LogP contribution in [0.3, 0.4) is 0 Å². The van der Waals surface area contributed by atoms with E-state index in [1.165, 1.54) is 0 Å². The third-order valence-corrected chi connectivity index (χ3v) is 3.58. The second-order valence-corrected chi connectivity index (χ2v) is 4.97. The summed E-state index contributed by atoms with van der Waals surface area (Å²) in [5.41, 5.74) is 1.00. The third-order valence-electron chi connectivity index (χ3n) is 3.58. The highest BCUT2D eigenvalue weighted by Gasteiger charge is 2.26. The Balaban J connectivity index is 2.13. The number of carbonyl (C=O) groups is 2. The molecule has 2 rings (SSSR count). The van der Waals surface area contributed by atoms with Gasteiger partial charge in [0, 0.05) is 17.9 Å². The SMILES string of the molecule is COc1ccc(C(=O)OC2=C(C)C(=O)C(C)CC2)cc1. The van der Waals surface area contributed by atoms with E-state index in [0.717, 1.165) is 6.42 Å². The van der Waals surface area contributed by atoms with Crippen LogP contribution >= 0.6 is 0 Å². The molecule has 1 aliphatic rings. The number of ether oxygens (including phenoxy) is 2. The summed E-state index contributed by atoms with van der Waals surface area (Å²) in [4.78, 5) is 23.9. The number of benzene rings is 1. The second kappa shape index (κ2) is 5.90. The van der Waals surface area contributed by atoms with Gasteiger partial charge in [-0.15, -0.1) is 0 Å². The smallest absolute Gasteiger partial charge is 0.343 e. The van der Waals surface area contributed by atoms with Gasteiger partial charge in [0.15, 0.2) is 5.78 Å². The molecule has 0 N–H and O–H groups in total. The number of hydrogen-bond acceptors (Lipinski definition) is 4. The number of esters is 1. The zero-order valence-corrected chi connectivity index (χ0v) is 11.9. The van der Waals surface area contributed by atoms with E-state index in [1.807, 2.05) is 6.92 Å². The van der Waals surface area contributed by atoms with Gasteiger partial charge < -0.3 is 9.47 Å². The fraction of sp³-hybridized carbons (Fsp3) is 0.375. The van der Waals surface area contributed by atoms with Gasteiger partial charge in [-0.25, -0.2) is 4.79 Å². The molecule has 0 saturated carbocycles. The quantitative estimate of drug-likeness (QED) is 0.795. The topological polar surface area (TPSA) is 52.6 Å². The van der Waals surface area contributed by atoms with Gasteiger partial charge in [-0.2, -0.15) is 0 Å². The maximum Gasteiger partial charge on any atom is 0.343 e. The average molecular weight is 274 g/mol. The molecule has 106 valence electrons. The maximum atomic E-state index is 12.0. The summed E-state index contributed by atoms with van der Waals surface area (Å²) >= 11 is 0. The molecule has 1 aromatic rings. The van der Waals surface area contributed by atoms with Gasteiger partial charge in [-0.1, -0.05) is 6.92 Å². The lowest BCUT2D eigenvalue weighted by Crippen LogP contribution is -2.21. The summed E-state index contributed by atoms with van der Waals surface area (Å²) < 4.78 is 10.4. The maximum absolute atomic E-state index is 12.0. The molecule has 0 heterocycles. The number of rotatable bonds is 3. The fourth-order valence-corrected chi connectivity index (χ4v) is 2.20. The zero-order valence-electron chi connectivity index (χ0n) is 11.9. The van der Waals surface area contributed by atoms with Gasteiger partial charge >= 0.3 is 5.97 Å². The molecular weight excluding hydrogens is 256 g/mol. The lowest BCUT2D eigenvalue weighted by molar-refractivity contribution is -0.119. The van der Waals surface area contributed by atoms with Crippen molar-refractivity contribution < 1.29 is 19.1 Å². The van der Waals surface area contributed by atoms with Crippen LogP contribution in [0.2, 0.25) is 0 Å². The van der Waals surface area contributed by atoms with Crippen LogP contribution in [0.5, 0.6) is 5.75 Å². The lowest BCUT2D eigenvalue weighted by Gasteiger charge is -2.21. The minimum atomic E-state index is -0.440. The lowest BCUT2D eigenvalue weighted by atomic mass is 9.88. The minimum Gasteiger partial charge on any atom is -0.497 e. The molecule has 1 aromatic carbocycles. The van der Waals surface area contributed by atoms with Crippen molar-refractivity contribution in [2.24, 2.45) is 5.92 Å². The molecule has 4 nitrogen and oxygen atoms in total. The Morgan fingerprint density at radius 2 is 1.90 bits per heavy atom. The predicted octanol–water partition coefficient (Wildman–Crippen LogP) is 3.13. The summed E-state index contributed by atoms with van der Waals surface area (Å²) in [6.45, 7) is 3.61. The van der Waals surface area contributed by atoms with Crippen LogP contribution in [0.1, 0.15) is 37.0 Å². The molecule has 0 radical (unpaired) electrons. The monoisotopic (exact) mass is 274 g/mol. The van der Waals surface area contributed by atoms with Crippen molar-refractivity contribution in [3.63, 3.8) is 0 Å². The zero-order chi connectivity index (χ0) is 14.7. The number of Topliss-reactive ketones (excluding diaryl/α,β-unsaturated/α-hetero) is 1. The van der Waals surface area contributed by atoms with Crippen LogP contribution in [0.15, 0.2) is 35.6 Å². The van der Waals surface area contributed by atoms with Gasteiger partial charge in [-0.3, -0.25) is 4.79 Å². The molecule has 4 heteroatoms. The largest absolute Gasteiger partial charge is 0.497 e. The van der Waals surface area contributed by atoms with Gasteiger partial charge in [0.2, 0.25) is 0 Å². The van der Waals surface area contributed by atoms with E-state index in [9.17, 15) is 9.59 Å². The molecule has 0 aliphatic heterocycles. The molecular formula is C16H18O4. The first kappa shape index (κ1) is 14.3. The highest BCUT2D eigenvalue weighted by molar-refractivity contribution is 5.98. The van der Waals surface area contributed by atoms with Crippen molar-refractivity contribution in [1.82, 2.24) is 0 Å². The summed E-state index contributed by atoms with van der Waals surface area (Å²) in [7, 11) is 1.57. The van der Waals surface area contributed by atoms with Crippen molar-refractivity contribution in [1.29, 1.82) is 0 Å². The Morgan fingerprint density at radius 1 is 1.25 bits per heavy atom. The van der Waals surface area contributed by atoms with Crippen molar-refractivity contribution >= 4 is 11.8 Å². The molecule has 0 saturated heterocycles. The first-order valence-electron chi connectivity index (χ1n) is 6.63. The molecule has 20 heavy (non-hydrogen) atoms. The molecule has 0 amide bonds. The molecule has 1 aliphatic carbocycles. The van der Waals surface area contributed by atoms with Crippen LogP contribution in [-0.4, -0.2) is 18.9 Å². The van der Waals surface area contributed by atoms with Crippen molar-refractivity contribution in [2.45, 2.75) is 26.7 Å². The summed E-state index contributed by atoms with van der Waals surface area (Å²) in [6.07, 6.45) is 1.35. The van der Waals surface area contributed by atoms with Crippen LogP contribution in [0, 0.1) is 5.92 Å². The molecule has 1 atom stereocenters. The van der Waals surface area contributed by atoms with E-state index in [0.29, 0.717) is 29.1 Å². The van der Waals surface area contributed by atoms with Gasteiger partial charge in [0.25, 0.3) is 0 Å². The van der Waals surface area contributed by atoms with Gasteiger partial charge in [-0.05, 0) is 37.6 Å². The second-order valence-electron chi connectivity index (χ2n) is 4.97. The first-order chi connectivity index (χ1) is 9.52. The van der Waals surface area contributed by atoms with Crippen molar-refractivity contribution in [3.8, 4) is 5.75 Å². The molecule has 0 bridgehead atoms. The summed E-state index contributed by atoms with van der Waals surface area (Å²) in [5.74, 6) is 0.809. The number of carbonyl (C=O) groups excluding carboxylic acids is 2.